The second-order valence-corrected chi connectivity index (χ2v) is 7.27. The normalized spacial score (nSPS) is 19.4. The fourth-order valence-corrected chi connectivity index (χ4v) is 4.57. The van der Waals surface area contributed by atoms with Crippen molar-refractivity contribution < 1.29 is 0 Å². The maximum Gasteiger partial charge on any atom is 0.152 e. The second kappa shape index (κ2) is 6.27. The number of rotatable bonds is 3. The third kappa shape index (κ3) is 2.37. The first kappa shape index (κ1) is 15.2. The Morgan fingerprint density at radius 1 is 1.21 bits per heavy atom. The molecule has 0 radical (unpaired) electrons. The van der Waals surface area contributed by atoms with E-state index in [1.54, 1.807) is 29.3 Å². The molecule has 0 amide bonds. The van der Waals surface area contributed by atoms with Gasteiger partial charge in [-0.3, -0.25) is 5.10 Å². The van der Waals surface area contributed by atoms with Crippen LogP contribution in [-0.2, 0) is 0 Å². The van der Waals surface area contributed by atoms with Gasteiger partial charge in [0.25, 0.3) is 0 Å². The van der Waals surface area contributed by atoms with Gasteiger partial charge >= 0.3 is 0 Å². The molecular formula is C18H14N4S2. The fourth-order valence-electron chi connectivity index (χ4n) is 3.17. The number of thiophene rings is 1. The van der Waals surface area contributed by atoms with Crippen molar-refractivity contribution >= 4 is 34.6 Å². The van der Waals surface area contributed by atoms with Gasteiger partial charge in [0, 0.05) is 21.3 Å². The molecule has 0 saturated heterocycles. The Kier molecular flexibility index (Phi) is 3.97. The van der Waals surface area contributed by atoms with Gasteiger partial charge < -0.3 is 0 Å². The number of thioether (sulfide) groups is 1. The zero-order valence-electron chi connectivity index (χ0n) is 12.9. The van der Waals surface area contributed by atoms with E-state index in [9.17, 15) is 5.26 Å². The van der Waals surface area contributed by atoms with Crippen molar-refractivity contribution in [1.82, 2.24) is 10.2 Å². The average molecular weight is 350 g/mol. The Balaban J connectivity index is 1.94. The van der Waals surface area contributed by atoms with Crippen molar-refractivity contribution in [2.45, 2.75) is 10.8 Å². The summed E-state index contributed by atoms with van der Waals surface area (Å²) in [5, 5.41) is 19.1. The van der Waals surface area contributed by atoms with Gasteiger partial charge in [-0.05, 0) is 29.3 Å². The minimum Gasteiger partial charge on any atom is -0.261 e. The molecule has 4 rings (SSSR count). The topological polar surface area (TPSA) is 64.8 Å². The van der Waals surface area contributed by atoms with E-state index in [1.807, 2.05) is 29.6 Å². The van der Waals surface area contributed by atoms with Crippen LogP contribution in [0, 0.1) is 17.2 Å². The van der Waals surface area contributed by atoms with Gasteiger partial charge in [-0.1, -0.05) is 24.3 Å². The summed E-state index contributed by atoms with van der Waals surface area (Å²) in [7, 11) is 0. The molecule has 0 fully saturated rings. The van der Waals surface area contributed by atoms with Gasteiger partial charge in [0.15, 0.2) is 5.82 Å². The minimum atomic E-state index is -0.331. The number of hydrogen-bond donors (Lipinski definition) is 1. The number of fused-ring (bicyclic) bond motifs is 1. The predicted octanol–water partition coefficient (Wildman–Crippen LogP) is 4.60. The summed E-state index contributed by atoms with van der Waals surface area (Å²) in [6.45, 7) is 0. The van der Waals surface area contributed by atoms with E-state index in [1.165, 1.54) is 4.90 Å². The number of nitrogens with one attached hydrogen (secondary N) is 1. The lowest BCUT2D eigenvalue weighted by atomic mass is 9.77. The largest absolute Gasteiger partial charge is 0.261 e. The molecule has 3 aromatic rings. The van der Waals surface area contributed by atoms with Crippen molar-refractivity contribution in [1.29, 1.82) is 5.26 Å². The highest BCUT2D eigenvalue weighted by Crippen LogP contribution is 2.45. The van der Waals surface area contributed by atoms with Gasteiger partial charge in [0.1, 0.15) is 5.92 Å². The molecule has 1 aliphatic heterocycles. The highest BCUT2D eigenvalue weighted by atomic mass is 32.2. The summed E-state index contributed by atoms with van der Waals surface area (Å²) >= 11 is 3.31. The number of aliphatic imine (C=N–C) groups is 1. The number of nitrogens with zero attached hydrogens (tertiary/aromatic N) is 3. The molecule has 1 aliphatic rings. The smallest absolute Gasteiger partial charge is 0.152 e. The fraction of sp³-hybridized carbons (Fsp3) is 0.167. The van der Waals surface area contributed by atoms with Crippen molar-refractivity contribution in [3.8, 4) is 6.07 Å². The van der Waals surface area contributed by atoms with Crippen LogP contribution in [0.3, 0.4) is 0 Å². The van der Waals surface area contributed by atoms with Crippen molar-refractivity contribution in [3.05, 3.63) is 64.0 Å². The molecule has 6 heteroatoms. The molecule has 2 aromatic heterocycles. The third-order valence-corrected chi connectivity index (χ3v) is 5.93. The van der Waals surface area contributed by atoms with Crippen LogP contribution in [0.2, 0.25) is 0 Å². The number of nitriles is 1. The molecular weight excluding hydrogens is 336 g/mol. The number of aromatic nitrogens is 2. The maximum atomic E-state index is 9.96. The van der Waals surface area contributed by atoms with E-state index < -0.39 is 0 Å². The summed E-state index contributed by atoms with van der Waals surface area (Å²) in [5.74, 6) is 0.356. The first-order valence-corrected chi connectivity index (χ1v) is 9.62. The van der Waals surface area contributed by atoms with Crippen LogP contribution in [0.5, 0.6) is 0 Å². The summed E-state index contributed by atoms with van der Waals surface area (Å²) < 4.78 is 0. The van der Waals surface area contributed by atoms with Crippen LogP contribution in [-0.4, -0.2) is 22.2 Å². The molecule has 3 heterocycles. The number of hydrogen-bond acceptors (Lipinski definition) is 5. The zero-order chi connectivity index (χ0) is 16.5. The van der Waals surface area contributed by atoms with Crippen molar-refractivity contribution in [2.24, 2.45) is 10.9 Å². The number of H-pyrrole nitrogens is 1. The lowest BCUT2D eigenvalue weighted by molar-refractivity contribution is 0.708. The van der Waals surface area contributed by atoms with Gasteiger partial charge in [0.05, 0.1) is 18.0 Å². The van der Waals surface area contributed by atoms with E-state index in [2.05, 4.69) is 34.7 Å². The molecule has 0 aliphatic carbocycles. The standard InChI is InChI=1S/C18H14N4S2/c1-23-14-6-3-2-5-11(14)16-12(9-19)17(15-7-4-8-24-15)21-18-13(16)10-20-22-18/h2-8,10,12,16H,1H3,(H,20,22). The highest BCUT2D eigenvalue weighted by Gasteiger charge is 2.37. The quantitative estimate of drug-likeness (QED) is 0.702. The summed E-state index contributed by atoms with van der Waals surface area (Å²) in [4.78, 5) is 6.93. The summed E-state index contributed by atoms with van der Waals surface area (Å²) in [5.41, 5.74) is 2.97. The first-order valence-electron chi connectivity index (χ1n) is 7.51. The number of aromatic amines is 1. The molecule has 0 bridgehead atoms. The van der Waals surface area contributed by atoms with Gasteiger partial charge in [-0.25, -0.2) is 4.99 Å². The Hall–Kier alpha value is -2.36. The Labute approximate surface area is 148 Å². The van der Waals surface area contributed by atoms with E-state index >= 15 is 0 Å². The minimum absolute atomic E-state index is 0.0676. The summed E-state index contributed by atoms with van der Waals surface area (Å²) in [6, 6.07) is 14.8. The molecule has 24 heavy (non-hydrogen) atoms. The predicted molar refractivity (Wildman–Crippen MR) is 98.3 cm³/mol. The Morgan fingerprint density at radius 3 is 2.83 bits per heavy atom. The lowest BCUT2D eigenvalue weighted by Gasteiger charge is -2.28. The van der Waals surface area contributed by atoms with Crippen molar-refractivity contribution in [2.75, 3.05) is 6.26 Å². The Morgan fingerprint density at radius 2 is 2.08 bits per heavy atom. The van der Waals surface area contributed by atoms with Crippen LogP contribution < -0.4 is 0 Å². The van der Waals surface area contributed by atoms with E-state index in [0.717, 1.165) is 27.5 Å². The molecule has 0 saturated carbocycles. The molecule has 2 atom stereocenters. The van der Waals surface area contributed by atoms with Crippen LogP contribution in [0.1, 0.15) is 21.9 Å². The maximum absolute atomic E-state index is 9.96. The SMILES string of the molecule is CSc1ccccc1C1c2cn[nH]c2N=C(c2cccs2)C1C#N. The number of benzene rings is 1. The van der Waals surface area contributed by atoms with Crippen LogP contribution in [0.25, 0.3) is 0 Å². The zero-order valence-corrected chi connectivity index (χ0v) is 14.6. The van der Waals surface area contributed by atoms with E-state index in [0.29, 0.717) is 0 Å². The molecule has 4 nitrogen and oxygen atoms in total. The van der Waals surface area contributed by atoms with Crippen LogP contribution in [0.15, 0.2) is 57.9 Å². The molecule has 2 unspecified atom stereocenters. The molecule has 1 N–H and O–H groups in total. The monoisotopic (exact) mass is 350 g/mol. The Bertz CT molecular complexity index is 934. The third-order valence-electron chi connectivity index (χ3n) is 4.23. The van der Waals surface area contributed by atoms with E-state index in [4.69, 9.17) is 4.99 Å². The van der Waals surface area contributed by atoms with Crippen LogP contribution in [0.4, 0.5) is 5.82 Å². The second-order valence-electron chi connectivity index (χ2n) is 5.47. The van der Waals surface area contributed by atoms with Gasteiger partial charge in [0.2, 0.25) is 0 Å². The average Bonchev–Trinajstić information content (AvgIpc) is 3.31. The van der Waals surface area contributed by atoms with Gasteiger partial charge in [-0.2, -0.15) is 10.4 Å². The van der Waals surface area contributed by atoms with E-state index in [-0.39, 0.29) is 11.8 Å². The molecule has 118 valence electrons. The highest BCUT2D eigenvalue weighted by molar-refractivity contribution is 7.98. The van der Waals surface area contributed by atoms with Crippen molar-refractivity contribution in [3.63, 3.8) is 0 Å². The molecule has 0 spiro atoms. The first-order chi connectivity index (χ1) is 11.8. The summed E-state index contributed by atoms with van der Waals surface area (Å²) in [6.07, 6.45) is 3.86. The molecule has 1 aromatic carbocycles. The van der Waals surface area contributed by atoms with Crippen LogP contribution >= 0.6 is 23.1 Å². The lowest BCUT2D eigenvalue weighted by Crippen LogP contribution is -2.25. The van der Waals surface area contributed by atoms with Gasteiger partial charge in [-0.15, -0.1) is 23.1 Å².